The van der Waals surface area contributed by atoms with E-state index in [-0.39, 0.29) is 5.82 Å². The summed E-state index contributed by atoms with van der Waals surface area (Å²) < 4.78 is 25.6. The molecule has 0 N–H and O–H groups in total. The molecule has 1 heterocycles. The van der Waals surface area contributed by atoms with Gasteiger partial charge in [0.15, 0.2) is 0 Å². The topological polar surface area (TPSA) is 18.5 Å². The Morgan fingerprint density at radius 1 is 1.11 bits per heavy atom. The third-order valence-electron chi connectivity index (χ3n) is 3.98. The smallest absolute Gasteiger partial charge is 0.399 e. The van der Waals surface area contributed by atoms with Crippen LogP contribution in [0.5, 0.6) is 0 Å². The minimum atomic E-state index is -0.490. The molecule has 1 saturated heterocycles. The van der Waals surface area contributed by atoms with Crippen LogP contribution >= 0.6 is 0 Å². The summed E-state index contributed by atoms with van der Waals surface area (Å²) >= 11 is 0. The molecule has 0 radical (unpaired) electrons. The lowest BCUT2D eigenvalue weighted by atomic mass is 9.78. The number of aryl methyl sites for hydroxylation is 1. The minimum absolute atomic E-state index is 0.190. The molecule has 1 fully saturated rings. The number of hydrogen-bond acceptors (Lipinski definition) is 2. The number of benzene rings is 1. The van der Waals surface area contributed by atoms with E-state index in [1.165, 1.54) is 6.07 Å². The van der Waals surface area contributed by atoms with Crippen LogP contribution in [0.3, 0.4) is 0 Å². The van der Waals surface area contributed by atoms with E-state index in [4.69, 9.17) is 9.31 Å². The van der Waals surface area contributed by atoms with E-state index in [1.54, 1.807) is 6.07 Å². The molecule has 1 aliphatic heterocycles. The quantitative estimate of drug-likeness (QED) is 0.751. The minimum Gasteiger partial charge on any atom is -0.399 e. The van der Waals surface area contributed by atoms with Crippen molar-refractivity contribution in [1.29, 1.82) is 0 Å². The lowest BCUT2D eigenvalue weighted by Crippen LogP contribution is -2.41. The predicted octanol–water partition coefficient (Wildman–Crippen LogP) is 2.69. The van der Waals surface area contributed by atoms with Gasteiger partial charge in [0.2, 0.25) is 0 Å². The van der Waals surface area contributed by atoms with Gasteiger partial charge >= 0.3 is 7.12 Å². The van der Waals surface area contributed by atoms with Crippen molar-refractivity contribution in [3.05, 3.63) is 29.6 Å². The predicted molar refractivity (Wildman–Crippen MR) is 71.5 cm³/mol. The molecule has 1 aromatic carbocycles. The highest BCUT2D eigenvalue weighted by Crippen LogP contribution is 2.36. The monoisotopic (exact) mass is 250 g/mol. The Morgan fingerprint density at radius 2 is 1.67 bits per heavy atom. The molecule has 0 atom stereocenters. The normalized spacial score (nSPS) is 21.3. The average Bonchev–Trinajstić information content (AvgIpc) is 2.48. The molecular weight excluding hydrogens is 230 g/mol. The first-order chi connectivity index (χ1) is 8.27. The van der Waals surface area contributed by atoms with Gasteiger partial charge in [-0.3, -0.25) is 0 Å². The van der Waals surface area contributed by atoms with Crippen LogP contribution in [-0.4, -0.2) is 18.3 Å². The molecular formula is C14H20BFO2. The number of rotatable bonds is 2. The Balaban J connectivity index is 2.27. The Kier molecular flexibility index (Phi) is 3.28. The summed E-state index contributed by atoms with van der Waals surface area (Å²) in [5.41, 5.74) is 0.674. The molecule has 18 heavy (non-hydrogen) atoms. The van der Waals surface area contributed by atoms with Gasteiger partial charge in [0.05, 0.1) is 11.2 Å². The molecule has 0 unspecified atom stereocenters. The molecule has 4 heteroatoms. The zero-order valence-electron chi connectivity index (χ0n) is 11.7. The lowest BCUT2D eigenvalue weighted by molar-refractivity contribution is 0.00578. The molecule has 0 spiro atoms. The summed E-state index contributed by atoms with van der Waals surface area (Å²) in [7, 11) is -0.490. The van der Waals surface area contributed by atoms with Crippen molar-refractivity contribution in [2.24, 2.45) is 0 Å². The van der Waals surface area contributed by atoms with Gasteiger partial charge < -0.3 is 9.31 Å². The van der Waals surface area contributed by atoms with Crippen LogP contribution < -0.4 is 5.46 Å². The van der Waals surface area contributed by atoms with Gasteiger partial charge in [-0.2, -0.15) is 0 Å². The molecule has 0 amide bonds. The van der Waals surface area contributed by atoms with Crippen molar-refractivity contribution in [1.82, 2.24) is 0 Å². The standard InChI is InChI=1S/C14H20BFO2/c1-6-10-7-8-11(9-12(10)16)15-17-13(2,3)14(4,5)18-15/h7-9H,6H2,1-5H3. The van der Waals surface area contributed by atoms with Gasteiger partial charge in [0, 0.05) is 0 Å². The van der Waals surface area contributed by atoms with Gasteiger partial charge in [-0.15, -0.1) is 0 Å². The fourth-order valence-electron chi connectivity index (χ4n) is 1.98. The Labute approximate surface area is 109 Å². The van der Waals surface area contributed by atoms with E-state index >= 15 is 0 Å². The lowest BCUT2D eigenvalue weighted by Gasteiger charge is -2.32. The average molecular weight is 250 g/mol. The summed E-state index contributed by atoms with van der Waals surface area (Å²) in [6, 6.07) is 5.20. The van der Waals surface area contributed by atoms with E-state index in [1.807, 2.05) is 40.7 Å². The molecule has 0 aliphatic carbocycles. The second-order valence-corrected chi connectivity index (χ2v) is 5.79. The van der Waals surface area contributed by atoms with Crippen LogP contribution in [0.2, 0.25) is 0 Å². The molecule has 0 saturated carbocycles. The van der Waals surface area contributed by atoms with E-state index in [2.05, 4.69) is 0 Å². The van der Waals surface area contributed by atoms with Crippen molar-refractivity contribution in [3.63, 3.8) is 0 Å². The second kappa shape index (κ2) is 4.35. The highest BCUT2D eigenvalue weighted by molar-refractivity contribution is 6.62. The van der Waals surface area contributed by atoms with Crippen molar-refractivity contribution < 1.29 is 13.7 Å². The van der Waals surface area contributed by atoms with Crippen LogP contribution in [0, 0.1) is 5.82 Å². The third kappa shape index (κ3) is 2.19. The zero-order chi connectivity index (χ0) is 13.6. The van der Waals surface area contributed by atoms with Crippen molar-refractivity contribution in [3.8, 4) is 0 Å². The van der Waals surface area contributed by atoms with E-state index in [9.17, 15) is 4.39 Å². The van der Waals surface area contributed by atoms with Crippen molar-refractivity contribution >= 4 is 12.6 Å². The molecule has 1 aromatic rings. The van der Waals surface area contributed by atoms with Gasteiger partial charge in [-0.25, -0.2) is 4.39 Å². The van der Waals surface area contributed by atoms with Crippen LogP contribution in [0.15, 0.2) is 18.2 Å². The SMILES string of the molecule is CCc1ccc(B2OC(C)(C)C(C)(C)O2)cc1F. The van der Waals surface area contributed by atoms with Gasteiger partial charge in [-0.1, -0.05) is 19.1 Å². The number of halogens is 1. The highest BCUT2D eigenvalue weighted by Gasteiger charge is 2.51. The summed E-state index contributed by atoms with van der Waals surface area (Å²) in [6.45, 7) is 9.90. The molecule has 2 rings (SSSR count). The van der Waals surface area contributed by atoms with E-state index < -0.39 is 18.3 Å². The largest absolute Gasteiger partial charge is 0.494 e. The fraction of sp³-hybridized carbons (Fsp3) is 0.571. The van der Waals surface area contributed by atoms with E-state index in [0.29, 0.717) is 6.42 Å². The van der Waals surface area contributed by atoms with Crippen LogP contribution in [-0.2, 0) is 15.7 Å². The molecule has 2 nitrogen and oxygen atoms in total. The Morgan fingerprint density at radius 3 is 2.11 bits per heavy atom. The first-order valence-corrected chi connectivity index (χ1v) is 6.41. The third-order valence-corrected chi connectivity index (χ3v) is 3.98. The first kappa shape index (κ1) is 13.6. The molecule has 0 bridgehead atoms. The zero-order valence-corrected chi connectivity index (χ0v) is 11.7. The number of hydrogen-bond donors (Lipinski definition) is 0. The summed E-state index contributed by atoms with van der Waals surface area (Å²) in [5.74, 6) is -0.190. The van der Waals surface area contributed by atoms with E-state index in [0.717, 1.165) is 11.0 Å². The Bertz CT molecular complexity index is 441. The summed E-state index contributed by atoms with van der Waals surface area (Å²) in [5, 5.41) is 0. The molecule has 1 aliphatic rings. The van der Waals surface area contributed by atoms with Crippen LogP contribution in [0.4, 0.5) is 4.39 Å². The van der Waals surface area contributed by atoms with Gasteiger partial charge in [0.1, 0.15) is 5.82 Å². The maximum Gasteiger partial charge on any atom is 0.494 e. The van der Waals surface area contributed by atoms with Crippen molar-refractivity contribution in [2.45, 2.75) is 52.2 Å². The van der Waals surface area contributed by atoms with Crippen LogP contribution in [0.1, 0.15) is 40.2 Å². The van der Waals surface area contributed by atoms with Gasteiger partial charge in [0.25, 0.3) is 0 Å². The first-order valence-electron chi connectivity index (χ1n) is 6.41. The summed E-state index contributed by atoms with van der Waals surface area (Å²) in [4.78, 5) is 0. The maximum absolute atomic E-state index is 13.8. The van der Waals surface area contributed by atoms with Crippen molar-refractivity contribution in [2.75, 3.05) is 0 Å². The summed E-state index contributed by atoms with van der Waals surface area (Å²) in [6.07, 6.45) is 0.690. The van der Waals surface area contributed by atoms with Crippen LogP contribution in [0.25, 0.3) is 0 Å². The van der Waals surface area contributed by atoms with Gasteiger partial charge in [-0.05, 0) is 51.2 Å². The highest BCUT2D eigenvalue weighted by atomic mass is 19.1. The Hall–Kier alpha value is -0.865. The fourth-order valence-corrected chi connectivity index (χ4v) is 1.98. The molecule has 0 aromatic heterocycles. The molecule has 98 valence electrons. The maximum atomic E-state index is 13.8. The second-order valence-electron chi connectivity index (χ2n) is 5.79.